The molecule has 0 fully saturated rings. The molecule has 2 rings (SSSR count). The zero-order chi connectivity index (χ0) is 15.4. The van der Waals surface area contributed by atoms with Crippen LogP contribution in [0.3, 0.4) is 0 Å². The second-order valence-electron chi connectivity index (χ2n) is 5.07. The predicted molar refractivity (Wildman–Crippen MR) is 86.5 cm³/mol. The molecule has 2 N–H and O–H groups in total. The largest absolute Gasteiger partial charge is 0.496 e. The number of rotatable bonds is 5. The molecule has 0 spiro atoms. The first-order chi connectivity index (χ1) is 10.0. The third kappa shape index (κ3) is 3.99. The molecule has 0 radical (unpaired) electrons. The summed E-state index contributed by atoms with van der Waals surface area (Å²) in [6.45, 7) is 4.07. The van der Waals surface area contributed by atoms with Gasteiger partial charge in [-0.05, 0) is 49.2 Å². The smallest absolute Gasteiger partial charge is 0.124 e. The zero-order valence-corrected chi connectivity index (χ0v) is 13.3. The number of thioether (sulfide) groups is 1. The van der Waals surface area contributed by atoms with Gasteiger partial charge >= 0.3 is 0 Å². The number of ether oxygens (including phenoxy) is 1. The third-order valence-corrected chi connectivity index (χ3v) is 4.42. The lowest BCUT2D eigenvalue weighted by Crippen LogP contribution is -2.16. The van der Waals surface area contributed by atoms with Gasteiger partial charge in [-0.2, -0.15) is 0 Å². The molecule has 2 nitrogen and oxygen atoms in total. The predicted octanol–water partition coefficient (Wildman–Crippen LogP) is 4.24. The van der Waals surface area contributed by atoms with Gasteiger partial charge in [-0.15, -0.1) is 11.8 Å². The van der Waals surface area contributed by atoms with Crippen LogP contribution in [0.5, 0.6) is 5.75 Å². The summed E-state index contributed by atoms with van der Waals surface area (Å²) in [6, 6.07) is 10.5. The fraction of sp³-hybridized carbons (Fsp3) is 0.294. The number of hydrogen-bond donors (Lipinski definition) is 1. The van der Waals surface area contributed by atoms with Crippen LogP contribution in [-0.2, 0) is 0 Å². The molecule has 0 aliphatic heterocycles. The SMILES string of the molecule is COc1cc(C)cc(C)c1C(N)CSc1cccc(F)c1. The minimum absolute atomic E-state index is 0.159. The lowest BCUT2D eigenvalue weighted by Gasteiger charge is -2.19. The van der Waals surface area contributed by atoms with Crippen LogP contribution in [0.2, 0.25) is 0 Å². The van der Waals surface area contributed by atoms with E-state index in [9.17, 15) is 4.39 Å². The van der Waals surface area contributed by atoms with Crippen LogP contribution in [0.4, 0.5) is 4.39 Å². The maximum atomic E-state index is 13.2. The molecule has 112 valence electrons. The molecule has 0 saturated heterocycles. The lowest BCUT2D eigenvalue weighted by molar-refractivity contribution is 0.406. The summed E-state index contributed by atoms with van der Waals surface area (Å²) in [5.74, 6) is 1.27. The van der Waals surface area contributed by atoms with Crippen LogP contribution in [0.15, 0.2) is 41.3 Å². The van der Waals surface area contributed by atoms with E-state index in [0.29, 0.717) is 5.75 Å². The molecule has 1 atom stereocenters. The van der Waals surface area contributed by atoms with Crippen molar-refractivity contribution in [2.24, 2.45) is 5.73 Å². The van der Waals surface area contributed by atoms with Gasteiger partial charge in [-0.25, -0.2) is 4.39 Å². The summed E-state index contributed by atoms with van der Waals surface area (Å²) in [7, 11) is 1.66. The van der Waals surface area contributed by atoms with Crippen molar-refractivity contribution in [1.29, 1.82) is 0 Å². The van der Waals surface area contributed by atoms with Crippen LogP contribution in [0.25, 0.3) is 0 Å². The number of aryl methyl sites for hydroxylation is 2. The van der Waals surface area contributed by atoms with Gasteiger partial charge in [0.2, 0.25) is 0 Å². The number of nitrogens with two attached hydrogens (primary N) is 1. The topological polar surface area (TPSA) is 35.2 Å². The average Bonchev–Trinajstić information content (AvgIpc) is 2.44. The molecule has 1 unspecified atom stereocenters. The van der Waals surface area contributed by atoms with Crippen LogP contribution >= 0.6 is 11.8 Å². The highest BCUT2D eigenvalue weighted by molar-refractivity contribution is 7.99. The monoisotopic (exact) mass is 305 g/mol. The van der Waals surface area contributed by atoms with Crippen molar-refractivity contribution in [3.8, 4) is 5.75 Å². The van der Waals surface area contributed by atoms with E-state index >= 15 is 0 Å². The van der Waals surface area contributed by atoms with Crippen molar-refractivity contribution in [3.05, 3.63) is 58.9 Å². The lowest BCUT2D eigenvalue weighted by atomic mass is 9.99. The highest BCUT2D eigenvalue weighted by Crippen LogP contribution is 2.32. The van der Waals surface area contributed by atoms with Gasteiger partial charge in [0.25, 0.3) is 0 Å². The minimum Gasteiger partial charge on any atom is -0.496 e. The molecule has 0 aliphatic carbocycles. The minimum atomic E-state index is -0.224. The van der Waals surface area contributed by atoms with E-state index in [1.807, 2.05) is 26.0 Å². The molecule has 0 aliphatic rings. The Morgan fingerprint density at radius 3 is 2.67 bits per heavy atom. The van der Waals surface area contributed by atoms with Crippen molar-refractivity contribution in [1.82, 2.24) is 0 Å². The van der Waals surface area contributed by atoms with Gasteiger partial charge in [0.05, 0.1) is 7.11 Å². The van der Waals surface area contributed by atoms with Crippen molar-refractivity contribution in [3.63, 3.8) is 0 Å². The first-order valence-electron chi connectivity index (χ1n) is 6.80. The van der Waals surface area contributed by atoms with Gasteiger partial charge in [0.1, 0.15) is 11.6 Å². The zero-order valence-electron chi connectivity index (χ0n) is 12.5. The highest BCUT2D eigenvalue weighted by atomic mass is 32.2. The standard InChI is InChI=1S/C17H20FNOS/c1-11-7-12(2)17(16(8-11)20-3)15(19)10-21-14-6-4-5-13(18)9-14/h4-9,15H,10,19H2,1-3H3. The molecular weight excluding hydrogens is 285 g/mol. The number of hydrogen-bond acceptors (Lipinski definition) is 3. The van der Waals surface area contributed by atoms with Crippen LogP contribution < -0.4 is 10.5 Å². The third-order valence-electron chi connectivity index (χ3n) is 3.31. The first-order valence-corrected chi connectivity index (χ1v) is 7.79. The Morgan fingerprint density at radius 1 is 1.24 bits per heavy atom. The van der Waals surface area contributed by atoms with Gasteiger partial charge in [-0.3, -0.25) is 0 Å². The Balaban J connectivity index is 2.15. The quantitative estimate of drug-likeness (QED) is 0.839. The fourth-order valence-corrected chi connectivity index (χ4v) is 3.32. The molecule has 0 bridgehead atoms. The molecule has 2 aromatic carbocycles. The van der Waals surface area contributed by atoms with E-state index in [2.05, 4.69) is 6.07 Å². The molecule has 0 amide bonds. The van der Waals surface area contributed by atoms with E-state index in [0.717, 1.165) is 27.3 Å². The van der Waals surface area contributed by atoms with Gasteiger partial charge < -0.3 is 10.5 Å². The Labute approximate surface area is 129 Å². The molecule has 2 aromatic rings. The van der Waals surface area contributed by atoms with E-state index in [4.69, 9.17) is 10.5 Å². The number of halogens is 1. The van der Waals surface area contributed by atoms with E-state index in [1.165, 1.54) is 12.1 Å². The summed E-state index contributed by atoms with van der Waals surface area (Å²) < 4.78 is 18.6. The Kier molecular flexibility index (Phi) is 5.26. The summed E-state index contributed by atoms with van der Waals surface area (Å²) in [6.07, 6.45) is 0. The van der Waals surface area contributed by atoms with Crippen LogP contribution in [-0.4, -0.2) is 12.9 Å². The summed E-state index contributed by atoms with van der Waals surface area (Å²) in [5, 5.41) is 0. The molecule has 0 saturated carbocycles. The highest BCUT2D eigenvalue weighted by Gasteiger charge is 2.16. The number of benzene rings is 2. The van der Waals surface area contributed by atoms with E-state index < -0.39 is 0 Å². The molecule has 0 heterocycles. The Morgan fingerprint density at radius 2 is 2.00 bits per heavy atom. The Hall–Kier alpha value is -1.52. The van der Waals surface area contributed by atoms with Crippen molar-refractivity contribution < 1.29 is 9.13 Å². The van der Waals surface area contributed by atoms with Crippen LogP contribution in [0, 0.1) is 19.7 Å². The normalized spacial score (nSPS) is 12.2. The summed E-state index contributed by atoms with van der Waals surface area (Å²) >= 11 is 1.55. The maximum absolute atomic E-state index is 13.2. The van der Waals surface area contributed by atoms with Gasteiger partial charge in [-0.1, -0.05) is 12.1 Å². The van der Waals surface area contributed by atoms with E-state index in [1.54, 1.807) is 24.9 Å². The van der Waals surface area contributed by atoms with E-state index in [-0.39, 0.29) is 11.9 Å². The number of methoxy groups -OCH3 is 1. The average molecular weight is 305 g/mol. The molecule has 0 aromatic heterocycles. The molecular formula is C17H20FNOS. The van der Waals surface area contributed by atoms with Gasteiger partial charge in [0.15, 0.2) is 0 Å². The summed E-state index contributed by atoms with van der Waals surface area (Å²) in [4.78, 5) is 0.884. The van der Waals surface area contributed by atoms with Crippen molar-refractivity contribution in [2.75, 3.05) is 12.9 Å². The maximum Gasteiger partial charge on any atom is 0.124 e. The van der Waals surface area contributed by atoms with Gasteiger partial charge in [0, 0.05) is 22.3 Å². The Bertz CT molecular complexity index is 630. The summed E-state index contributed by atoms with van der Waals surface area (Å²) in [5.41, 5.74) is 9.61. The van der Waals surface area contributed by atoms with Crippen LogP contribution in [0.1, 0.15) is 22.7 Å². The van der Waals surface area contributed by atoms with Crippen molar-refractivity contribution >= 4 is 11.8 Å². The first kappa shape index (κ1) is 15.9. The fourth-order valence-electron chi connectivity index (χ4n) is 2.41. The van der Waals surface area contributed by atoms with Crippen molar-refractivity contribution in [2.45, 2.75) is 24.8 Å². The molecule has 4 heteroatoms. The molecule has 21 heavy (non-hydrogen) atoms. The second kappa shape index (κ2) is 6.96. The second-order valence-corrected chi connectivity index (χ2v) is 6.17.